The first-order valence-corrected chi connectivity index (χ1v) is 12.0. The van der Waals surface area contributed by atoms with Crippen LogP contribution in [0.4, 0.5) is 0 Å². The molecule has 0 aromatic heterocycles. The molecule has 5 atom stereocenters. The number of benzene rings is 2. The number of aliphatic hydroxyl groups is 4. The lowest BCUT2D eigenvalue weighted by Gasteiger charge is -2.32. The average Bonchev–Trinajstić information content (AvgIpc) is 3.27. The molecule has 0 radical (unpaired) electrons. The second-order valence-electron chi connectivity index (χ2n) is 10.1. The van der Waals surface area contributed by atoms with E-state index in [0.717, 1.165) is 31.2 Å². The topological polar surface area (TPSA) is 80.9 Å². The van der Waals surface area contributed by atoms with E-state index in [2.05, 4.69) is 51.1 Å². The fourth-order valence-electron chi connectivity index (χ4n) is 5.19. The summed E-state index contributed by atoms with van der Waals surface area (Å²) in [6.07, 6.45) is 0.510. The lowest BCUT2D eigenvalue weighted by Crippen LogP contribution is -2.44. The maximum absolute atomic E-state index is 11.0. The summed E-state index contributed by atoms with van der Waals surface area (Å²) >= 11 is 0. The molecule has 0 saturated heterocycles. The van der Waals surface area contributed by atoms with Gasteiger partial charge in [0.25, 0.3) is 0 Å². The van der Waals surface area contributed by atoms with E-state index < -0.39 is 24.2 Å². The van der Waals surface area contributed by atoms with Gasteiger partial charge < -0.3 is 20.4 Å². The first-order valence-electron chi connectivity index (χ1n) is 12.0. The Labute approximate surface area is 192 Å². The van der Waals surface area contributed by atoms with Crippen molar-refractivity contribution in [2.45, 2.75) is 90.4 Å². The summed E-state index contributed by atoms with van der Waals surface area (Å²) in [4.78, 5) is 0. The van der Waals surface area contributed by atoms with E-state index in [1.807, 2.05) is 6.92 Å². The summed E-state index contributed by atoms with van der Waals surface area (Å²) in [5.74, 6) is -0.544. The van der Waals surface area contributed by atoms with Gasteiger partial charge in [-0.15, -0.1) is 0 Å². The average molecular weight is 441 g/mol. The molecule has 5 unspecified atom stereocenters. The minimum atomic E-state index is -1.32. The van der Waals surface area contributed by atoms with E-state index in [4.69, 9.17) is 0 Å². The number of aliphatic hydroxyl groups excluding tert-OH is 4. The van der Waals surface area contributed by atoms with Gasteiger partial charge in [-0.2, -0.15) is 0 Å². The Morgan fingerprint density at radius 2 is 1.47 bits per heavy atom. The molecule has 1 aliphatic rings. The van der Waals surface area contributed by atoms with Crippen LogP contribution in [0.1, 0.15) is 84.9 Å². The lowest BCUT2D eigenvalue weighted by molar-refractivity contribution is -0.0911. The van der Waals surface area contributed by atoms with Crippen LogP contribution in [0.2, 0.25) is 0 Å². The normalized spacial score (nSPS) is 18.3. The molecule has 2 aromatic rings. The van der Waals surface area contributed by atoms with Crippen molar-refractivity contribution in [2.24, 2.45) is 5.92 Å². The van der Waals surface area contributed by atoms with Gasteiger partial charge in [0, 0.05) is 18.4 Å². The van der Waals surface area contributed by atoms with Crippen molar-refractivity contribution in [2.75, 3.05) is 6.61 Å². The maximum atomic E-state index is 11.0. The molecule has 4 nitrogen and oxygen atoms in total. The van der Waals surface area contributed by atoms with Crippen molar-refractivity contribution in [3.8, 4) is 0 Å². The summed E-state index contributed by atoms with van der Waals surface area (Å²) in [6, 6.07) is 10.9. The highest BCUT2D eigenvalue weighted by Crippen LogP contribution is 2.40. The minimum absolute atomic E-state index is 0.240. The minimum Gasteiger partial charge on any atom is -0.396 e. The Hall–Kier alpha value is -1.72. The Morgan fingerprint density at radius 1 is 0.844 bits per heavy atom. The fraction of sp³-hybridized carbons (Fsp3) is 0.571. The molecule has 32 heavy (non-hydrogen) atoms. The molecule has 0 amide bonds. The quantitative estimate of drug-likeness (QED) is 0.475. The SMILES string of the molecule is Cc1ccc(Cc2cc(C(C)C(O)C(O)C(O)C(C)CO)c(C(C)C)c3c2CCC3)cc1. The zero-order valence-electron chi connectivity index (χ0n) is 20.2. The second kappa shape index (κ2) is 10.5. The number of rotatable bonds is 9. The monoisotopic (exact) mass is 440 g/mol. The molecule has 2 aromatic carbocycles. The maximum Gasteiger partial charge on any atom is 0.107 e. The summed E-state index contributed by atoms with van der Waals surface area (Å²) in [5, 5.41) is 41.4. The predicted molar refractivity (Wildman–Crippen MR) is 129 cm³/mol. The molecule has 0 heterocycles. The highest BCUT2D eigenvalue weighted by molar-refractivity contribution is 5.52. The summed E-state index contributed by atoms with van der Waals surface area (Å²) in [7, 11) is 0. The largest absolute Gasteiger partial charge is 0.396 e. The molecule has 4 N–H and O–H groups in total. The van der Waals surface area contributed by atoms with Crippen LogP contribution in [0.15, 0.2) is 30.3 Å². The van der Waals surface area contributed by atoms with Crippen LogP contribution in [0, 0.1) is 12.8 Å². The fourth-order valence-corrected chi connectivity index (χ4v) is 5.19. The zero-order chi connectivity index (χ0) is 23.6. The Morgan fingerprint density at radius 3 is 2.06 bits per heavy atom. The highest BCUT2D eigenvalue weighted by Gasteiger charge is 2.35. The van der Waals surface area contributed by atoms with Crippen LogP contribution in [0.25, 0.3) is 0 Å². The first kappa shape index (κ1) is 24.9. The van der Waals surface area contributed by atoms with Crippen LogP contribution in [-0.2, 0) is 19.3 Å². The van der Waals surface area contributed by atoms with Crippen LogP contribution >= 0.6 is 0 Å². The van der Waals surface area contributed by atoms with Gasteiger partial charge in [-0.3, -0.25) is 0 Å². The van der Waals surface area contributed by atoms with Crippen molar-refractivity contribution < 1.29 is 20.4 Å². The van der Waals surface area contributed by atoms with Gasteiger partial charge >= 0.3 is 0 Å². The van der Waals surface area contributed by atoms with Gasteiger partial charge in [0.2, 0.25) is 0 Å². The van der Waals surface area contributed by atoms with Crippen LogP contribution < -0.4 is 0 Å². The molecule has 3 rings (SSSR count). The van der Waals surface area contributed by atoms with Crippen molar-refractivity contribution in [1.82, 2.24) is 0 Å². The van der Waals surface area contributed by atoms with Crippen LogP contribution in [0.5, 0.6) is 0 Å². The molecule has 0 bridgehead atoms. The van der Waals surface area contributed by atoms with E-state index in [0.29, 0.717) is 5.92 Å². The Bertz CT molecular complexity index is 903. The molecule has 0 fully saturated rings. The van der Waals surface area contributed by atoms with Gasteiger partial charge in [-0.05, 0) is 71.9 Å². The smallest absolute Gasteiger partial charge is 0.107 e. The number of aryl methyl sites for hydroxylation is 1. The van der Waals surface area contributed by atoms with E-state index in [1.54, 1.807) is 6.92 Å². The van der Waals surface area contributed by atoms with Crippen molar-refractivity contribution in [3.05, 3.63) is 69.3 Å². The van der Waals surface area contributed by atoms with E-state index >= 15 is 0 Å². The van der Waals surface area contributed by atoms with E-state index in [9.17, 15) is 20.4 Å². The second-order valence-corrected chi connectivity index (χ2v) is 10.1. The van der Waals surface area contributed by atoms with E-state index in [-0.39, 0.29) is 12.5 Å². The molecular weight excluding hydrogens is 400 g/mol. The Balaban J connectivity index is 2.02. The van der Waals surface area contributed by atoms with Crippen LogP contribution in [0.3, 0.4) is 0 Å². The lowest BCUT2D eigenvalue weighted by atomic mass is 9.78. The van der Waals surface area contributed by atoms with Gasteiger partial charge in [0.05, 0.1) is 12.2 Å². The van der Waals surface area contributed by atoms with Gasteiger partial charge in [-0.25, -0.2) is 0 Å². The van der Waals surface area contributed by atoms with Gasteiger partial charge in [0.1, 0.15) is 6.10 Å². The van der Waals surface area contributed by atoms with Gasteiger partial charge in [0.15, 0.2) is 0 Å². The van der Waals surface area contributed by atoms with Gasteiger partial charge in [-0.1, -0.05) is 63.6 Å². The highest BCUT2D eigenvalue weighted by atomic mass is 16.4. The molecule has 0 saturated carbocycles. The number of hydrogen-bond donors (Lipinski definition) is 4. The molecular formula is C28H40O4. The van der Waals surface area contributed by atoms with Crippen LogP contribution in [-0.4, -0.2) is 45.3 Å². The molecule has 4 heteroatoms. The summed E-state index contributed by atoms with van der Waals surface area (Å²) < 4.78 is 0. The standard InChI is InChI=1S/C28H40O4/c1-16(2)25-23-8-6-7-22(23)21(13-20-11-9-17(3)10-12-20)14-24(25)19(5)27(31)28(32)26(30)18(4)15-29/h9-12,14,16,18-19,26-32H,6-8,13,15H2,1-5H3. The van der Waals surface area contributed by atoms with Crippen molar-refractivity contribution in [1.29, 1.82) is 0 Å². The number of fused-ring (bicyclic) bond motifs is 1. The zero-order valence-corrected chi connectivity index (χ0v) is 20.2. The Kier molecular flexibility index (Phi) is 8.16. The summed E-state index contributed by atoms with van der Waals surface area (Å²) in [5.41, 5.74) is 9.04. The molecule has 0 spiro atoms. The molecule has 0 aliphatic heterocycles. The third kappa shape index (κ3) is 5.09. The molecule has 1 aliphatic carbocycles. The third-order valence-corrected chi connectivity index (χ3v) is 7.24. The summed E-state index contributed by atoms with van der Waals surface area (Å²) in [6.45, 7) is 9.83. The predicted octanol–water partition coefficient (Wildman–Crippen LogP) is 4.01. The number of hydrogen-bond acceptors (Lipinski definition) is 4. The third-order valence-electron chi connectivity index (χ3n) is 7.24. The van der Waals surface area contributed by atoms with Crippen molar-refractivity contribution >= 4 is 0 Å². The molecule has 176 valence electrons. The first-order chi connectivity index (χ1) is 15.1. The van der Waals surface area contributed by atoms with E-state index in [1.165, 1.54) is 33.4 Å². The van der Waals surface area contributed by atoms with Crippen molar-refractivity contribution in [3.63, 3.8) is 0 Å².